The molecule has 8 heteroatoms. The highest BCUT2D eigenvalue weighted by molar-refractivity contribution is 7.13. The predicted molar refractivity (Wildman–Crippen MR) is 119 cm³/mol. The molecule has 0 spiro atoms. The number of ether oxygens (including phenoxy) is 2. The average molecular weight is 438 g/mol. The molecule has 1 aliphatic rings. The minimum Gasteiger partial charge on any atom is -0.486 e. The molecule has 0 saturated carbocycles. The van der Waals surface area contributed by atoms with E-state index in [9.17, 15) is 9.59 Å². The second-order valence-corrected chi connectivity index (χ2v) is 8.36. The maximum atomic E-state index is 12.6. The summed E-state index contributed by atoms with van der Waals surface area (Å²) in [6.45, 7) is 5.24. The van der Waals surface area contributed by atoms with E-state index in [1.165, 1.54) is 16.9 Å². The lowest BCUT2D eigenvalue weighted by Crippen LogP contribution is -2.22. The summed E-state index contributed by atoms with van der Waals surface area (Å²) in [5.74, 6) is 0.883. The number of aromatic nitrogens is 1. The first-order valence-electron chi connectivity index (χ1n) is 9.97. The summed E-state index contributed by atoms with van der Waals surface area (Å²) in [4.78, 5) is 30.0. The van der Waals surface area contributed by atoms with Crippen molar-refractivity contribution in [2.45, 2.75) is 26.8 Å². The third-order valence-electron chi connectivity index (χ3n) is 4.76. The fraction of sp³-hybridized carbons (Fsp3) is 0.261. The number of fused-ring (bicyclic) bond motifs is 1. The van der Waals surface area contributed by atoms with E-state index in [-0.39, 0.29) is 18.2 Å². The Hall–Kier alpha value is -3.39. The Kier molecular flexibility index (Phi) is 6.18. The monoisotopic (exact) mass is 437 g/mol. The number of hydrogen-bond acceptors (Lipinski definition) is 6. The molecule has 2 N–H and O–H groups in total. The molecule has 0 unspecified atom stereocenters. The van der Waals surface area contributed by atoms with Crippen LogP contribution in [0.25, 0.3) is 0 Å². The van der Waals surface area contributed by atoms with E-state index < -0.39 is 0 Å². The molecule has 4 rings (SSSR count). The van der Waals surface area contributed by atoms with Crippen LogP contribution < -0.4 is 20.1 Å². The minimum atomic E-state index is -0.211. The topological polar surface area (TPSA) is 89.6 Å². The van der Waals surface area contributed by atoms with Gasteiger partial charge in [0.25, 0.3) is 5.91 Å². The predicted octanol–water partition coefficient (Wildman–Crippen LogP) is 3.64. The van der Waals surface area contributed by atoms with Gasteiger partial charge in [-0.2, -0.15) is 0 Å². The molecule has 0 atom stereocenters. The summed E-state index contributed by atoms with van der Waals surface area (Å²) in [6.07, 6.45) is 0.0885. The quantitative estimate of drug-likeness (QED) is 0.615. The Labute approximate surface area is 184 Å². The maximum Gasteiger partial charge on any atom is 0.263 e. The van der Waals surface area contributed by atoms with Crippen molar-refractivity contribution in [2.75, 3.05) is 18.5 Å². The smallest absolute Gasteiger partial charge is 0.263 e. The molecule has 2 amide bonds. The fourth-order valence-electron chi connectivity index (χ4n) is 3.17. The average Bonchev–Trinajstić information content (AvgIpc) is 3.12. The number of nitrogens with one attached hydrogen (secondary N) is 2. The van der Waals surface area contributed by atoms with Crippen molar-refractivity contribution in [1.82, 2.24) is 10.3 Å². The van der Waals surface area contributed by atoms with Crippen molar-refractivity contribution in [2.24, 2.45) is 0 Å². The van der Waals surface area contributed by atoms with Gasteiger partial charge >= 0.3 is 0 Å². The van der Waals surface area contributed by atoms with Gasteiger partial charge in [0, 0.05) is 18.3 Å². The maximum absolute atomic E-state index is 12.6. The number of benzene rings is 2. The zero-order valence-electron chi connectivity index (χ0n) is 17.4. The SMILES string of the molecule is Cc1ccc(CNC(=O)c2sc(CC(=O)Nc3ccc4c(c3)OCCO4)nc2C)cc1. The van der Waals surface area contributed by atoms with E-state index in [0.717, 1.165) is 5.56 Å². The summed E-state index contributed by atoms with van der Waals surface area (Å²) in [5, 5.41) is 6.35. The van der Waals surface area contributed by atoms with E-state index in [0.29, 0.717) is 52.5 Å². The van der Waals surface area contributed by atoms with Gasteiger partial charge in [-0.15, -0.1) is 11.3 Å². The summed E-state index contributed by atoms with van der Waals surface area (Å²) < 4.78 is 11.0. The summed E-state index contributed by atoms with van der Waals surface area (Å²) in [5.41, 5.74) is 3.44. The molecule has 160 valence electrons. The molecular weight excluding hydrogens is 414 g/mol. The number of carbonyl (C=O) groups excluding carboxylic acids is 2. The van der Waals surface area contributed by atoms with Gasteiger partial charge in [0.15, 0.2) is 11.5 Å². The van der Waals surface area contributed by atoms with Crippen LogP contribution in [0, 0.1) is 13.8 Å². The fourth-order valence-corrected chi connectivity index (χ4v) is 4.15. The number of aryl methyl sites for hydroxylation is 2. The molecule has 2 aromatic carbocycles. The number of thiazole rings is 1. The molecular formula is C23H23N3O4S. The Bertz CT molecular complexity index is 1110. The van der Waals surface area contributed by atoms with Crippen LogP contribution in [0.2, 0.25) is 0 Å². The highest BCUT2D eigenvalue weighted by Gasteiger charge is 2.18. The number of rotatable bonds is 6. The van der Waals surface area contributed by atoms with Gasteiger partial charge in [0.1, 0.15) is 23.1 Å². The number of carbonyl (C=O) groups is 2. The van der Waals surface area contributed by atoms with Crippen molar-refractivity contribution >= 4 is 28.8 Å². The highest BCUT2D eigenvalue weighted by Crippen LogP contribution is 2.32. The number of amides is 2. The molecule has 3 aromatic rings. The third-order valence-corrected chi connectivity index (χ3v) is 5.91. The van der Waals surface area contributed by atoms with Crippen molar-refractivity contribution in [1.29, 1.82) is 0 Å². The normalized spacial score (nSPS) is 12.3. The van der Waals surface area contributed by atoms with Gasteiger partial charge in [-0.3, -0.25) is 9.59 Å². The van der Waals surface area contributed by atoms with E-state index in [2.05, 4.69) is 15.6 Å². The van der Waals surface area contributed by atoms with E-state index in [1.807, 2.05) is 31.2 Å². The van der Waals surface area contributed by atoms with Gasteiger partial charge in [-0.05, 0) is 31.5 Å². The van der Waals surface area contributed by atoms with E-state index in [1.54, 1.807) is 25.1 Å². The molecule has 1 aliphatic heterocycles. The second-order valence-electron chi connectivity index (χ2n) is 7.27. The Morgan fingerprint density at radius 1 is 1.03 bits per heavy atom. The summed E-state index contributed by atoms with van der Waals surface area (Å²) in [6, 6.07) is 13.3. The van der Waals surface area contributed by atoms with Crippen molar-refractivity contribution in [3.05, 3.63) is 69.2 Å². The lowest BCUT2D eigenvalue weighted by atomic mass is 10.1. The van der Waals surface area contributed by atoms with Crippen LogP contribution in [-0.2, 0) is 17.8 Å². The van der Waals surface area contributed by atoms with Crippen LogP contribution in [0.15, 0.2) is 42.5 Å². The first-order valence-corrected chi connectivity index (χ1v) is 10.8. The van der Waals surface area contributed by atoms with Crippen LogP contribution in [-0.4, -0.2) is 30.0 Å². The largest absolute Gasteiger partial charge is 0.486 e. The Morgan fingerprint density at radius 2 is 1.77 bits per heavy atom. The van der Waals surface area contributed by atoms with Crippen molar-refractivity contribution in [3.8, 4) is 11.5 Å². The number of hydrogen-bond donors (Lipinski definition) is 2. The second kappa shape index (κ2) is 9.18. The molecule has 2 heterocycles. The molecule has 1 aromatic heterocycles. The molecule has 0 fully saturated rings. The van der Waals surface area contributed by atoms with Crippen LogP contribution in [0.5, 0.6) is 11.5 Å². The molecule has 0 bridgehead atoms. The van der Waals surface area contributed by atoms with Gasteiger partial charge in [0.2, 0.25) is 5.91 Å². The zero-order chi connectivity index (χ0) is 21.8. The zero-order valence-corrected chi connectivity index (χ0v) is 18.2. The van der Waals surface area contributed by atoms with Gasteiger partial charge < -0.3 is 20.1 Å². The molecule has 31 heavy (non-hydrogen) atoms. The van der Waals surface area contributed by atoms with E-state index >= 15 is 0 Å². The van der Waals surface area contributed by atoms with Crippen LogP contribution in [0.1, 0.15) is 31.5 Å². The third kappa shape index (κ3) is 5.21. The summed E-state index contributed by atoms with van der Waals surface area (Å²) >= 11 is 1.24. The minimum absolute atomic E-state index is 0.0885. The Morgan fingerprint density at radius 3 is 2.55 bits per heavy atom. The van der Waals surface area contributed by atoms with Crippen molar-refractivity contribution in [3.63, 3.8) is 0 Å². The van der Waals surface area contributed by atoms with Gasteiger partial charge in [-0.1, -0.05) is 29.8 Å². The standard InChI is InChI=1S/C23H23N3O4S/c1-14-3-5-16(6-4-14)13-24-23(28)22-15(2)25-21(31-22)12-20(27)26-17-7-8-18-19(11-17)30-10-9-29-18/h3-8,11H,9-10,12-13H2,1-2H3,(H,24,28)(H,26,27). The lowest BCUT2D eigenvalue weighted by Gasteiger charge is -2.18. The van der Waals surface area contributed by atoms with Gasteiger partial charge in [-0.25, -0.2) is 4.98 Å². The first-order chi connectivity index (χ1) is 15.0. The highest BCUT2D eigenvalue weighted by atomic mass is 32.1. The number of anilines is 1. The van der Waals surface area contributed by atoms with Crippen LogP contribution >= 0.6 is 11.3 Å². The number of nitrogens with zero attached hydrogens (tertiary/aromatic N) is 1. The Balaban J connectivity index is 1.35. The molecule has 7 nitrogen and oxygen atoms in total. The summed E-state index contributed by atoms with van der Waals surface area (Å²) in [7, 11) is 0. The molecule has 0 radical (unpaired) electrons. The van der Waals surface area contributed by atoms with Crippen molar-refractivity contribution < 1.29 is 19.1 Å². The van der Waals surface area contributed by atoms with Crippen LogP contribution in [0.3, 0.4) is 0 Å². The first kappa shape index (κ1) is 20.9. The van der Waals surface area contributed by atoms with Crippen LogP contribution in [0.4, 0.5) is 5.69 Å². The molecule has 0 aliphatic carbocycles. The lowest BCUT2D eigenvalue weighted by molar-refractivity contribution is -0.115. The van der Waals surface area contributed by atoms with Gasteiger partial charge in [0.05, 0.1) is 12.1 Å². The van der Waals surface area contributed by atoms with E-state index in [4.69, 9.17) is 9.47 Å². The molecule has 0 saturated heterocycles.